The van der Waals surface area contributed by atoms with Crippen LogP contribution < -0.4 is 5.73 Å². The summed E-state index contributed by atoms with van der Waals surface area (Å²) in [6.07, 6.45) is 0. The quantitative estimate of drug-likeness (QED) is 0.822. The van der Waals surface area contributed by atoms with E-state index in [4.69, 9.17) is 15.2 Å². The van der Waals surface area contributed by atoms with E-state index in [1.54, 1.807) is 13.0 Å². The molecule has 0 saturated carbocycles. The first-order valence-corrected chi connectivity index (χ1v) is 8.43. The molecule has 0 aliphatic carbocycles. The summed E-state index contributed by atoms with van der Waals surface area (Å²) in [6, 6.07) is 7.33. The molecule has 0 aliphatic heterocycles. The molecule has 0 amide bonds. The zero-order valence-electron chi connectivity index (χ0n) is 14.2. The Kier molecular flexibility index (Phi) is 5.78. The molecule has 7 heteroatoms. The second-order valence-corrected chi connectivity index (χ2v) is 6.43. The fourth-order valence-electron chi connectivity index (χ4n) is 2.36. The number of nitrogens with zero attached hydrogens (tertiary/aromatic N) is 1. The lowest BCUT2D eigenvalue weighted by Gasteiger charge is -2.09. The molecule has 6 nitrogen and oxygen atoms in total. The van der Waals surface area contributed by atoms with E-state index in [-0.39, 0.29) is 34.2 Å². The molecule has 0 bridgehead atoms. The highest BCUT2D eigenvalue weighted by atomic mass is 32.1. The van der Waals surface area contributed by atoms with Crippen LogP contribution in [0.15, 0.2) is 18.2 Å². The number of benzene rings is 1. The number of carbonyl (C=O) groups is 2. The van der Waals surface area contributed by atoms with Crippen molar-refractivity contribution in [1.82, 2.24) is 0 Å². The Bertz CT molecular complexity index is 865. The van der Waals surface area contributed by atoms with Crippen LogP contribution in [-0.2, 0) is 16.1 Å². The number of nitrogens with two attached hydrogens (primary N) is 1. The number of hydrogen-bond acceptors (Lipinski definition) is 7. The highest BCUT2D eigenvalue weighted by molar-refractivity contribution is 7.18. The number of nitrogen functional groups attached to an aromatic ring is 1. The van der Waals surface area contributed by atoms with Gasteiger partial charge in [-0.25, -0.2) is 9.59 Å². The Morgan fingerprint density at radius 1 is 1.24 bits per heavy atom. The lowest BCUT2D eigenvalue weighted by molar-refractivity contribution is 0.0452. The summed E-state index contributed by atoms with van der Waals surface area (Å²) in [5, 5.41) is 9.46. The predicted molar refractivity (Wildman–Crippen MR) is 94.4 cm³/mol. The standard InChI is InChI=1S/C18H18N2O4S/c1-4-23-18(22)15-14(13(8-19)16(20)25-15)9-24-17(21)12-6-5-10(2)7-11(12)3/h5-7H,4,9,20H2,1-3H3. The molecule has 1 aromatic heterocycles. The van der Waals surface area contributed by atoms with Gasteiger partial charge >= 0.3 is 11.9 Å². The van der Waals surface area contributed by atoms with E-state index in [0.29, 0.717) is 5.56 Å². The van der Waals surface area contributed by atoms with Gasteiger partial charge in [0.2, 0.25) is 0 Å². The van der Waals surface area contributed by atoms with Crippen molar-refractivity contribution in [2.24, 2.45) is 0 Å². The minimum Gasteiger partial charge on any atom is -0.462 e. The maximum absolute atomic E-state index is 12.3. The van der Waals surface area contributed by atoms with E-state index >= 15 is 0 Å². The summed E-state index contributed by atoms with van der Waals surface area (Å²) in [7, 11) is 0. The van der Waals surface area contributed by atoms with E-state index in [1.807, 2.05) is 32.0 Å². The van der Waals surface area contributed by atoms with E-state index in [0.717, 1.165) is 22.5 Å². The maximum atomic E-state index is 12.3. The molecule has 25 heavy (non-hydrogen) atoms. The van der Waals surface area contributed by atoms with Crippen LogP contribution in [0.4, 0.5) is 5.00 Å². The molecule has 0 saturated heterocycles. The second-order valence-electron chi connectivity index (χ2n) is 5.38. The van der Waals surface area contributed by atoms with E-state index in [9.17, 15) is 14.9 Å². The van der Waals surface area contributed by atoms with Gasteiger partial charge in [-0.15, -0.1) is 11.3 Å². The van der Waals surface area contributed by atoms with Crippen LogP contribution in [0, 0.1) is 25.2 Å². The van der Waals surface area contributed by atoms with Gasteiger partial charge in [0.15, 0.2) is 0 Å². The molecule has 130 valence electrons. The Labute approximate surface area is 149 Å². The molecule has 1 aromatic carbocycles. The smallest absolute Gasteiger partial charge is 0.348 e. The van der Waals surface area contributed by atoms with Gasteiger partial charge in [0, 0.05) is 5.56 Å². The van der Waals surface area contributed by atoms with Gasteiger partial charge in [-0.1, -0.05) is 17.7 Å². The van der Waals surface area contributed by atoms with Crippen molar-refractivity contribution in [2.75, 3.05) is 12.3 Å². The fourth-order valence-corrected chi connectivity index (χ4v) is 3.28. The summed E-state index contributed by atoms with van der Waals surface area (Å²) in [4.78, 5) is 24.5. The molecular weight excluding hydrogens is 340 g/mol. The Morgan fingerprint density at radius 2 is 1.96 bits per heavy atom. The number of anilines is 1. The maximum Gasteiger partial charge on any atom is 0.348 e. The van der Waals surface area contributed by atoms with Crippen molar-refractivity contribution < 1.29 is 19.1 Å². The van der Waals surface area contributed by atoms with Gasteiger partial charge in [0.05, 0.1) is 17.7 Å². The predicted octanol–water partition coefficient (Wildman–Crippen LogP) is 3.35. The van der Waals surface area contributed by atoms with Crippen molar-refractivity contribution in [3.63, 3.8) is 0 Å². The minimum absolute atomic E-state index is 0.140. The van der Waals surface area contributed by atoms with Crippen molar-refractivity contribution in [2.45, 2.75) is 27.4 Å². The SMILES string of the molecule is CCOC(=O)c1sc(N)c(C#N)c1COC(=O)c1ccc(C)cc1C. The number of hydrogen-bond donors (Lipinski definition) is 1. The number of nitriles is 1. The van der Waals surface area contributed by atoms with Crippen LogP contribution in [0.3, 0.4) is 0 Å². The number of thiophene rings is 1. The average Bonchev–Trinajstić information content (AvgIpc) is 2.88. The topological polar surface area (TPSA) is 102 Å². The third-order valence-electron chi connectivity index (χ3n) is 3.56. The van der Waals surface area contributed by atoms with Gasteiger partial charge in [-0.2, -0.15) is 5.26 Å². The summed E-state index contributed by atoms with van der Waals surface area (Å²) in [6.45, 7) is 5.40. The van der Waals surface area contributed by atoms with Crippen molar-refractivity contribution in [1.29, 1.82) is 5.26 Å². The Hall–Kier alpha value is -2.85. The van der Waals surface area contributed by atoms with E-state index in [2.05, 4.69) is 0 Å². The van der Waals surface area contributed by atoms with Crippen molar-refractivity contribution in [3.05, 3.63) is 50.9 Å². The van der Waals surface area contributed by atoms with Gasteiger partial charge in [-0.3, -0.25) is 0 Å². The van der Waals surface area contributed by atoms with Gasteiger partial charge in [0.25, 0.3) is 0 Å². The fraction of sp³-hybridized carbons (Fsp3) is 0.278. The zero-order chi connectivity index (χ0) is 18.6. The van der Waals surface area contributed by atoms with E-state index < -0.39 is 11.9 Å². The molecule has 0 radical (unpaired) electrons. The first-order valence-electron chi connectivity index (χ1n) is 7.61. The molecule has 2 aromatic rings. The lowest BCUT2D eigenvalue weighted by atomic mass is 10.1. The third-order valence-corrected chi connectivity index (χ3v) is 4.60. The Balaban J connectivity index is 2.26. The highest BCUT2D eigenvalue weighted by Crippen LogP contribution is 2.32. The van der Waals surface area contributed by atoms with Crippen molar-refractivity contribution >= 4 is 28.3 Å². The summed E-state index contributed by atoms with van der Waals surface area (Å²) < 4.78 is 10.3. The van der Waals surface area contributed by atoms with Crippen LogP contribution in [0.5, 0.6) is 0 Å². The molecule has 0 unspecified atom stereocenters. The molecule has 1 heterocycles. The highest BCUT2D eigenvalue weighted by Gasteiger charge is 2.24. The van der Waals surface area contributed by atoms with Crippen LogP contribution in [-0.4, -0.2) is 18.5 Å². The molecule has 2 N–H and O–H groups in total. The molecular formula is C18H18N2O4S. The van der Waals surface area contributed by atoms with Crippen LogP contribution in [0.2, 0.25) is 0 Å². The number of rotatable bonds is 5. The second kappa shape index (κ2) is 7.81. The van der Waals surface area contributed by atoms with Gasteiger partial charge < -0.3 is 15.2 Å². The van der Waals surface area contributed by atoms with Crippen LogP contribution >= 0.6 is 11.3 Å². The first-order chi connectivity index (χ1) is 11.9. The number of aryl methyl sites for hydroxylation is 2. The number of carbonyl (C=O) groups excluding carboxylic acids is 2. The van der Waals surface area contributed by atoms with Gasteiger partial charge in [0.1, 0.15) is 22.6 Å². The van der Waals surface area contributed by atoms with Crippen LogP contribution in [0.1, 0.15) is 49.2 Å². The zero-order valence-corrected chi connectivity index (χ0v) is 15.0. The lowest BCUT2D eigenvalue weighted by Crippen LogP contribution is -2.11. The molecule has 2 rings (SSSR count). The average molecular weight is 358 g/mol. The molecule has 0 aliphatic rings. The largest absolute Gasteiger partial charge is 0.462 e. The number of esters is 2. The first kappa shape index (κ1) is 18.5. The minimum atomic E-state index is -0.585. The molecule has 0 spiro atoms. The molecule has 0 atom stereocenters. The third kappa shape index (κ3) is 3.98. The molecule has 0 fully saturated rings. The van der Waals surface area contributed by atoms with Crippen molar-refractivity contribution in [3.8, 4) is 6.07 Å². The normalized spacial score (nSPS) is 10.2. The summed E-state index contributed by atoms with van der Waals surface area (Å²) >= 11 is 0.956. The Morgan fingerprint density at radius 3 is 2.56 bits per heavy atom. The number of ether oxygens (including phenoxy) is 2. The van der Waals surface area contributed by atoms with Crippen LogP contribution in [0.25, 0.3) is 0 Å². The monoisotopic (exact) mass is 358 g/mol. The summed E-state index contributed by atoms with van der Waals surface area (Å²) in [5.74, 6) is -1.11. The van der Waals surface area contributed by atoms with Gasteiger partial charge in [-0.05, 0) is 32.4 Å². The summed E-state index contributed by atoms with van der Waals surface area (Å²) in [5.41, 5.74) is 8.48. The van der Waals surface area contributed by atoms with E-state index in [1.165, 1.54) is 0 Å².